The van der Waals surface area contributed by atoms with E-state index >= 15 is 0 Å². The fourth-order valence-electron chi connectivity index (χ4n) is 2.40. The average molecular weight is 182 g/mol. The summed E-state index contributed by atoms with van der Waals surface area (Å²) in [5, 5.41) is 0. The Hall–Kier alpha value is -0.340. The molecule has 0 unspecified atom stereocenters. The lowest BCUT2D eigenvalue weighted by molar-refractivity contribution is -0.177. The van der Waals surface area contributed by atoms with Gasteiger partial charge in [0, 0.05) is 12.8 Å². The lowest BCUT2D eigenvalue weighted by atomic mass is 10.0. The molecule has 1 spiro atoms. The quantitative estimate of drug-likeness (QED) is 0.580. The van der Waals surface area contributed by atoms with Gasteiger partial charge in [0.25, 0.3) is 0 Å². The van der Waals surface area contributed by atoms with E-state index in [1.165, 1.54) is 12.8 Å². The van der Waals surface area contributed by atoms with Gasteiger partial charge >= 0.3 is 0 Å². The van der Waals surface area contributed by atoms with Crippen molar-refractivity contribution in [1.29, 1.82) is 0 Å². The number of rotatable bonds is 1. The van der Waals surface area contributed by atoms with Gasteiger partial charge in [-0.05, 0) is 26.7 Å². The van der Waals surface area contributed by atoms with Crippen LogP contribution in [0.4, 0.5) is 0 Å². The Balaban J connectivity index is 2.17. The van der Waals surface area contributed by atoms with E-state index in [9.17, 15) is 0 Å². The summed E-state index contributed by atoms with van der Waals surface area (Å²) in [6, 6.07) is 0. The molecule has 0 aromatic rings. The van der Waals surface area contributed by atoms with Gasteiger partial charge in [-0.25, -0.2) is 0 Å². The zero-order valence-electron chi connectivity index (χ0n) is 8.51. The third-order valence-electron chi connectivity index (χ3n) is 3.06. The zero-order valence-corrected chi connectivity index (χ0v) is 8.51. The van der Waals surface area contributed by atoms with Gasteiger partial charge in [-0.3, -0.25) is 0 Å². The predicted molar refractivity (Wildman–Crippen MR) is 51.4 cm³/mol. The summed E-state index contributed by atoms with van der Waals surface area (Å²) >= 11 is 0. The molecule has 1 atom stereocenters. The molecule has 74 valence electrons. The first-order chi connectivity index (χ1) is 6.08. The van der Waals surface area contributed by atoms with Gasteiger partial charge < -0.3 is 9.47 Å². The smallest absolute Gasteiger partial charge is 0.170 e. The Morgan fingerprint density at radius 3 is 2.38 bits per heavy atom. The largest absolute Gasteiger partial charge is 0.341 e. The van der Waals surface area contributed by atoms with Crippen LogP contribution in [0.2, 0.25) is 0 Å². The topological polar surface area (TPSA) is 18.5 Å². The summed E-state index contributed by atoms with van der Waals surface area (Å²) in [6.45, 7) is 7.94. The molecule has 1 aliphatic carbocycles. The van der Waals surface area contributed by atoms with Crippen LogP contribution in [-0.4, -0.2) is 17.5 Å². The van der Waals surface area contributed by atoms with Gasteiger partial charge in [0.2, 0.25) is 0 Å². The summed E-state index contributed by atoms with van der Waals surface area (Å²) in [6.07, 6.45) is 6.43. The van der Waals surface area contributed by atoms with Gasteiger partial charge in [-0.15, -0.1) is 6.58 Å². The first kappa shape index (κ1) is 9.22. The second-order valence-electron chi connectivity index (χ2n) is 4.60. The lowest BCUT2D eigenvalue weighted by Crippen LogP contribution is -2.32. The molecule has 2 fully saturated rings. The standard InChI is InChI=1S/C11H18O2/c1-4-9-10(2,3)13-11(12-9)7-5-6-8-11/h4,9H,1,5-8H2,2-3H3/t9-/m0/s1. The molecular formula is C11H18O2. The van der Waals surface area contributed by atoms with Gasteiger partial charge in [-0.2, -0.15) is 0 Å². The average Bonchev–Trinajstić information content (AvgIpc) is 2.57. The van der Waals surface area contributed by atoms with E-state index in [2.05, 4.69) is 20.4 Å². The fraction of sp³-hybridized carbons (Fsp3) is 0.818. The monoisotopic (exact) mass is 182 g/mol. The third-order valence-corrected chi connectivity index (χ3v) is 3.06. The Morgan fingerprint density at radius 1 is 1.31 bits per heavy atom. The predicted octanol–water partition coefficient (Wildman–Crippen LogP) is 2.64. The molecule has 0 N–H and O–H groups in total. The van der Waals surface area contributed by atoms with Crippen molar-refractivity contribution in [3.8, 4) is 0 Å². The molecule has 0 amide bonds. The molecule has 1 aliphatic heterocycles. The van der Waals surface area contributed by atoms with E-state index < -0.39 is 0 Å². The summed E-state index contributed by atoms with van der Waals surface area (Å²) in [7, 11) is 0. The molecule has 0 aromatic carbocycles. The van der Waals surface area contributed by atoms with Crippen molar-refractivity contribution in [1.82, 2.24) is 0 Å². The summed E-state index contributed by atoms with van der Waals surface area (Å²) in [4.78, 5) is 0. The van der Waals surface area contributed by atoms with E-state index in [1.54, 1.807) is 0 Å². The molecule has 2 rings (SSSR count). The van der Waals surface area contributed by atoms with Gasteiger partial charge in [-0.1, -0.05) is 6.08 Å². The lowest BCUT2D eigenvalue weighted by Gasteiger charge is -2.24. The zero-order chi connectivity index (χ0) is 9.53. The maximum atomic E-state index is 6.01. The van der Waals surface area contributed by atoms with Crippen molar-refractivity contribution in [2.45, 2.75) is 57.0 Å². The highest BCUT2D eigenvalue weighted by Crippen LogP contribution is 2.46. The minimum absolute atomic E-state index is 0.0469. The molecule has 1 heterocycles. The SMILES string of the molecule is C=C[C@@H]1OC2(CCCC2)OC1(C)C. The highest BCUT2D eigenvalue weighted by atomic mass is 16.8. The van der Waals surface area contributed by atoms with Crippen LogP contribution in [0.5, 0.6) is 0 Å². The molecule has 13 heavy (non-hydrogen) atoms. The van der Waals surface area contributed by atoms with Crippen LogP contribution in [0.3, 0.4) is 0 Å². The normalized spacial score (nSPS) is 35.4. The summed E-state index contributed by atoms with van der Waals surface area (Å²) in [5.41, 5.74) is -0.202. The molecule has 1 saturated carbocycles. The van der Waals surface area contributed by atoms with E-state index in [1.807, 2.05) is 6.08 Å². The first-order valence-corrected chi connectivity index (χ1v) is 5.09. The molecule has 2 nitrogen and oxygen atoms in total. The Bertz CT molecular complexity index is 214. The molecule has 0 aromatic heterocycles. The third kappa shape index (κ3) is 1.42. The van der Waals surface area contributed by atoms with Crippen molar-refractivity contribution in [3.63, 3.8) is 0 Å². The first-order valence-electron chi connectivity index (χ1n) is 5.09. The van der Waals surface area contributed by atoms with Gasteiger partial charge in [0.05, 0.1) is 5.60 Å². The Morgan fingerprint density at radius 2 is 1.92 bits per heavy atom. The van der Waals surface area contributed by atoms with Crippen LogP contribution in [0.25, 0.3) is 0 Å². The minimum Gasteiger partial charge on any atom is -0.341 e. The fourth-order valence-corrected chi connectivity index (χ4v) is 2.40. The second kappa shape index (κ2) is 2.82. The number of hydrogen-bond donors (Lipinski definition) is 0. The molecule has 2 heteroatoms. The van der Waals surface area contributed by atoms with Crippen LogP contribution in [0.15, 0.2) is 12.7 Å². The van der Waals surface area contributed by atoms with E-state index in [-0.39, 0.29) is 17.5 Å². The van der Waals surface area contributed by atoms with Crippen LogP contribution >= 0.6 is 0 Å². The van der Waals surface area contributed by atoms with Crippen LogP contribution in [0.1, 0.15) is 39.5 Å². The van der Waals surface area contributed by atoms with E-state index in [0.717, 1.165) is 12.8 Å². The van der Waals surface area contributed by atoms with Crippen LogP contribution in [-0.2, 0) is 9.47 Å². The highest BCUT2D eigenvalue weighted by Gasteiger charge is 2.51. The molecule has 0 radical (unpaired) electrons. The van der Waals surface area contributed by atoms with Gasteiger partial charge in [0.15, 0.2) is 5.79 Å². The highest BCUT2D eigenvalue weighted by molar-refractivity contribution is 5.02. The molecular weight excluding hydrogens is 164 g/mol. The molecule has 1 saturated heterocycles. The summed E-state index contributed by atoms with van der Waals surface area (Å²) in [5.74, 6) is -0.275. The molecule has 2 aliphatic rings. The minimum atomic E-state index is -0.275. The van der Waals surface area contributed by atoms with Gasteiger partial charge in [0.1, 0.15) is 6.10 Å². The van der Waals surface area contributed by atoms with Crippen molar-refractivity contribution >= 4 is 0 Å². The summed E-state index contributed by atoms with van der Waals surface area (Å²) < 4.78 is 11.9. The molecule has 0 bridgehead atoms. The van der Waals surface area contributed by atoms with E-state index in [4.69, 9.17) is 9.47 Å². The number of hydrogen-bond acceptors (Lipinski definition) is 2. The van der Waals surface area contributed by atoms with Crippen molar-refractivity contribution in [3.05, 3.63) is 12.7 Å². The van der Waals surface area contributed by atoms with E-state index in [0.29, 0.717) is 0 Å². The van der Waals surface area contributed by atoms with Crippen LogP contribution in [0, 0.1) is 0 Å². The Kier molecular flexibility index (Phi) is 2.00. The van der Waals surface area contributed by atoms with Crippen molar-refractivity contribution in [2.75, 3.05) is 0 Å². The van der Waals surface area contributed by atoms with Crippen molar-refractivity contribution in [2.24, 2.45) is 0 Å². The maximum absolute atomic E-state index is 6.01. The second-order valence-corrected chi connectivity index (χ2v) is 4.60. The van der Waals surface area contributed by atoms with Crippen molar-refractivity contribution < 1.29 is 9.47 Å². The Labute approximate surface area is 79.9 Å². The van der Waals surface area contributed by atoms with Crippen LogP contribution < -0.4 is 0 Å². The maximum Gasteiger partial charge on any atom is 0.170 e. The number of ether oxygens (including phenoxy) is 2.